The molecule has 0 aliphatic rings. The number of aryl methyl sites for hydroxylation is 1. The lowest BCUT2D eigenvalue weighted by atomic mass is 10.1. The summed E-state index contributed by atoms with van der Waals surface area (Å²) in [5.41, 5.74) is 7.52. The van der Waals surface area contributed by atoms with E-state index in [0.717, 1.165) is 5.69 Å². The van der Waals surface area contributed by atoms with Gasteiger partial charge in [-0.15, -0.1) is 11.3 Å². The topological polar surface area (TPSA) is 64.3 Å². The number of carbonyl (C=O) groups is 1. The molecule has 4 nitrogen and oxygen atoms in total. The van der Waals surface area contributed by atoms with Gasteiger partial charge in [0, 0.05) is 21.1 Å². The van der Waals surface area contributed by atoms with Crippen LogP contribution in [-0.2, 0) is 4.74 Å². The number of ether oxygens (including phenoxy) is 1. The summed E-state index contributed by atoms with van der Waals surface area (Å²) in [4.78, 5) is 14.5. The van der Waals surface area contributed by atoms with Crippen LogP contribution in [0.15, 0.2) is 30.3 Å². The van der Waals surface area contributed by atoms with Crippen LogP contribution < -0.4 is 11.1 Å². The van der Waals surface area contributed by atoms with E-state index in [1.165, 1.54) is 9.75 Å². The highest BCUT2D eigenvalue weighted by molar-refractivity contribution is 7.12. The van der Waals surface area contributed by atoms with E-state index in [4.69, 9.17) is 10.5 Å². The number of nitrogens with one attached hydrogen (secondary N) is 1. The van der Waals surface area contributed by atoms with Crippen molar-refractivity contribution in [2.75, 3.05) is 17.7 Å². The Balaban J connectivity index is 2.24. The normalized spacial score (nSPS) is 12.0. The molecule has 0 bridgehead atoms. The van der Waals surface area contributed by atoms with Gasteiger partial charge in [0.2, 0.25) is 0 Å². The van der Waals surface area contributed by atoms with Crippen molar-refractivity contribution < 1.29 is 9.53 Å². The SMILES string of the molecule is CCOC(=O)c1cc(N)ccc1NC(C)c1ccc(C)s1. The maximum Gasteiger partial charge on any atom is 0.340 e. The molecular weight excluding hydrogens is 284 g/mol. The number of hydrogen-bond acceptors (Lipinski definition) is 5. The van der Waals surface area contributed by atoms with Gasteiger partial charge in [-0.2, -0.15) is 0 Å². The predicted octanol–water partition coefficient (Wildman–Crippen LogP) is 3.99. The van der Waals surface area contributed by atoms with Crippen LogP contribution in [0.3, 0.4) is 0 Å². The summed E-state index contributed by atoms with van der Waals surface area (Å²) in [6.07, 6.45) is 0. The molecule has 1 heterocycles. The Morgan fingerprint density at radius 3 is 2.76 bits per heavy atom. The molecule has 0 saturated carbocycles. The second-order valence-corrected chi connectivity index (χ2v) is 6.16. The van der Waals surface area contributed by atoms with Crippen LogP contribution in [0.25, 0.3) is 0 Å². The third-order valence-electron chi connectivity index (χ3n) is 3.10. The number of nitrogen functional groups attached to an aromatic ring is 1. The third-order valence-corrected chi connectivity index (χ3v) is 4.28. The number of hydrogen-bond donors (Lipinski definition) is 2. The summed E-state index contributed by atoms with van der Waals surface area (Å²) in [5.74, 6) is -0.359. The van der Waals surface area contributed by atoms with E-state index in [-0.39, 0.29) is 12.0 Å². The Labute approximate surface area is 128 Å². The first-order valence-electron chi connectivity index (χ1n) is 6.90. The highest BCUT2D eigenvalue weighted by Crippen LogP contribution is 2.28. The Morgan fingerprint density at radius 2 is 2.14 bits per heavy atom. The third kappa shape index (κ3) is 3.76. The number of thiophene rings is 1. The zero-order valence-electron chi connectivity index (χ0n) is 12.5. The van der Waals surface area contributed by atoms with Crippen molar-refractivity contribution >= 4 is 28.7 Å². The molecule has 21 heavy (non-hydrogen) atoms. The first kappa shape index (κ1) is 15.4. The van der Waals surface area contributed by atoms with Crippen molar-refractivity contribution in [2.24, 2.45) is 0 Å². The first-order valence-corrected chi connectivity index (χ1v) is 7.72. The zero-order chi connectivity index (χ0) is 15.4. The van der Waals surface area contributed by atoms with Gasteiger partial charge >= 0.3 is 5.97 Å². The molecule has 0 spiro atoms. The lowest BCUT2D eigenvalue weighted by Gasteiger charge is -2.17. The van der Waals surface area contributed by atoms with Crippen LogP contribution in [-0.4, -0.2) is 12.6 Å². The second-order valence-electron chi connectivity index (χ2n) is 4.84. The van der Waals surface area contributed by atoms with Crippen molar-refractivity contribution in [1.82, 2.24) is 0 Å². The summed E-state index contributed by atoms with van der Waals surface area (Å²) in [6, 6.07) is 9.54. The standard InChI is InChI=1S/C16H20N2O2S/c1-4-20-16(19)13-9-12(17)6-7-14(13)18-11(3)15-8-5-10(2)21-15/h5-9,11,18H,4,17H2,1-3H3. The van der Waals surface area contributed by atoms with E-state index in [1.54, 1.807) is 30.4 Å². The second kappa shape index (κ2) is 6.63. The van der Waals surface area contributed by atoms with E-state index in [0.29, 0.717) is 17.9 Å². The van der Waals surface area contributed by atoms with Gasteiger partial charge in [0.1, 0.15) is 0 Å². The number of anilines is 2. The lowest BCUT2D eigenvalue weighted by molar-refractivity contribution is 0.0527. The molecule has 1 unspecified atom stereocenters. The van der Waals surface area contributed by atoms with Crippen LogP contribution in [0.4, 0.5) is 11.4 Å². The van der Waals surface area contributed by atoms with Gasteiger partial charge in [0.15, 0.2) is 0 Å². The van der Waals surface area contributed by atoms with Gasteiger partial charge in [0.25, 0.3) is 0 Å². The Hall–Kier alpha value is -2.01. The molecule has 0 amide bonds. The summed E-state index contributed by atoms with van der Waals surface area (Å²) >= 11 is 1.74. The predicted molar refractivity (Wildman–Crippen MR) is 87.9 cm³/mol. The lowest BCUT2D eigenvalue weighted by Crippen LogP contribution is -2.12. The minimum Gasteiger partial charge on any atom is -0.462 e. The fraction of sp³-hybridized carbons (Fsp3) is 0.312. The highest BCUT2D eigenvalue weighted by atomic mass is 32.1. The molecule has 0 radical (unpaired) electrons. The molecule has 5 heteroatoms. The van der Waals surface area contributed by atoms with Crippen molar-refractivity contribution in [1.29, 1.82) is 0 Å². The number of carbonyl (C=O) groups excluding carboxylic acids is 1. The van der Waals surface area contributed by atoms with Gasteiger partial charge in [-0.3, -0.25) is 0 Å². The number of nitrogens with two attached hydrogens (primary N) is 1. The van der Waals surface area contributed by atoms with E-state index >= 15 is 0 Å². The maximum atomic E-state index is 12.0. The molecular formula is C16H20N2O2S. The monoisotopic (exact) mass is 304 g/mol. The molecule has 1 aromatic carbocycles. The molecule has 2 aromatic rings. The van der Waals surface area contributed by atoms with Gasteiger partial charge in [-0.1, -0.05) is 0 Å². The van der Waals surface area contributed by atoms with Crippen molar-refractivity contribution in [3.63, 3.8) is 0 Å². The van der Waals surface area contributed by atoms with E-state index < -0.39 is 0 Å². The molecule has 3 N–H and O–H groups in total. The number of benzene rings is 1. The average Bonchev–Trinajstić information content (AvgIpc) is 2.87. The number of rotatable bonds is 5. The Kier molecular flexibility index (Phi) is 4.85. The molecule has 0 fully saturated rings. The van der Waals surface area contributed by atoms with Crippen molar-refractivity contribution in [3.8, 4) is 0 Å². The van der Waals surface area contributed by atoms with Gasteiger partial charge in [-0.25, -0.2) is 4.79 Å². The maximum absolute atomic E-state index is 12.0. The van der Waals surface area contributed by atoms with Gasteiger partial charge in [-0.05, 0) is 51.1 Å². The fourth-order valence-electron chi connectivity index (χ4n) is 2.06. The minimum absolute atomic E-state index is 0.112. The fourth-order valence-corrected chi connectivity index (χ4v) is 2.94. The quantitative estimate of drug-likeness (QED) is 0.647. The van der Waals surface area contributed by atoms with Crippen molar-refractivity contribution in [3.05, 3.63) is 45.6 Å². The van der Waals surface area contributed by atoms with E-state index in [1.807, 2.05) is 6.07 Å². The molecule has 0 aliphatic carbocycles. The summed E-state index contributed by atoms with van der Waals surface area (Å²) < 4.78 is 5.08. The minimum atomic E-state index is -0.359. The van der Waals surface area contributed by atoms with Crippen LogP contribution in [0.5, 0.6) is 0 Å². The summed E-state index contributed by atoms with van der Waals surface area (Å²) in [7, 11) is 0. The molecule has 1 atom stereocenters. The summed E-state index contributed by atoms with van der Waals surface area (Å²) in [5, 5.41) is 3.36. The van der Waals surface area contributed by atoms with Gasteiger partial charge in [0.05, 0.1) is 18.2 Å². The first-order chi connectivity index (χ1) is 10.0. The Morgan fingerprint density at radius 1 is 1.38 bits per heavy atom. The van der Waals surface area contributed by atoms with Crippen LogP contribution in [0.2, 0.25) is 0 Å². The molecule has 0 saturated heterocycles. The van der Waals surface area contributed by atoms with E-state index in [9.17, 15) is 4.79 Å². The largest absolute Gasteiger partial charge is 0.462 e. The van der Waals surface area contributed by atoms with Gasteiger partial charge < -0.3 is 15.8 Å². The average molecular weight is 304 g/mol. The van der Waals surface area contributed by atoms with Crippen LogP contribution >= 0.6 is 11.3 Å². The van der Waals surface area contributed by atoms with Crippen LogP contribution in [0, 0.1) is 6.92 Å². The smallest absolute Gasteiger partial charge is 0.340 e. The zero-order valence-corrected chi connectivity index (χ0v) is 13.3. The molecule has 1 aromatic heterocycles. The Bertz CT molecular complexity index is 637. The van der Waals surface area contributed by atoms with E-state index in [2.05, 4.69) is 31.3 Å². The van der Waals surface area contributed by atoms with Crippen molar-refractivity contribution in [2.45, 2.75) is 26.8 Å². The number of esters is 1. The summed E-state index contributed by atoms with van der Waals surface area (Å²) in [6.45, 7) is 6.27. The highest BCUT2D eigenvalue weighted by Gasteiger charge is 2.16. The molecule has 2 rings (SSSR count). The van der Waals surface area contributed by atoms with Crippen LogP contribution in [0.1, 0.15) is 40.0 Å². The molecule has 112 valence electrons. The molecule has 0 aliphatic heterocycles.